The highest BCUT2D eigenvalue weighted by molar-refractivity contribution is 9.10. The smallest absolute Gasteiger partial charge is 0.101 e. The van der Waals surface area contributed by atoms with Crippen molar-refractivity contribution in [2.75, 3.05) is 31.1 Å². The van der Waals surface area contributed by atoms with Gasteiger partial charge in [0.2, 0.25) is 0 Å². The minimum Gasteiger partial charge on any atom is -0.369 e. The monoisotopic (exact) mass is 319 g/mol. The number of benzene rings is 1. The van der Waals surface area contributed by atoms with Crippen LogP contribution in [-0.2, 0) is 0 Å². The van der Waals surface area contributed by atoms with Crippen molar-refractivity contribution in [1.82, 2.24) is 4.90 Å². The number of nitrogens with zero attached hydrogens (tertiary/aromatic N) is 3. The highest BCUT2D eigenvalue weighted by atomic mass is 79.9. The average molecular weight is 320 g/mol. The standard InChI is InChI=1S/C15H18BrN3/c16-13-3-4-15(12(9-13)10-17)19-8-5-14(11-19)18-6-1-2-7-18/h3-4,9,14H,1-2,5-8,11H2. The molecule has 2 aliphatic heterocycles. The molecule has 0 amide bonds. The molecule has 100 valence electrons. The van der Waals surface area contributed by atoms with E-state index in [-0.39, 0.29) is 0 Å². The van der Waals surface area contributed by atoms with E-state index in [0.717, 1.165) is 28.8 Å². The van der Waals surface area contributed by atoms with Gasteiger partial charge in [0.15, 0.2) is 0 Å². The summed E-state index contributed by atoms with van der Waals surface area (Å²) in [5.41, 5.74) is 1.86. The molecule has 0 radical (unpaired) electrons. The van der Waals surface area contributed by atoms with Gasteiger partial charge in [-0.15, -0.1) is 0 Å². The van der Waals surface area contributed by atoms with Crippen LogP contribution in [0.5, 0.6) is 0 Å². The quantitative estimate of drug-likeness (QED) is 0.839. The second-order valence-corrected chi connectivity index (χ2v) is 6.32. The Hall–Kier alpha value is -1.05. The number of halogens is 1. The molecule has 2 heterocycles. The van der Waals surface area contributed by atoms with Crippen molar-refractivity contribution in [3.63, 3.8) is 0 Å². The van der Waals surface area contributed by atoms with Crippen molar-refractivity contribution in [3.05, 3.63) is 28.2 Å². The number of rotatable bonds is 2. The lowest BCUT2D eigenvalue weighted by atomic mass is 10.2. The minimum atomic E-state index is 0.678. The van der Waals surface area contributed by atoms with E-state index in [4.69, 9.17) is 0 Å². The van der Waals surface area contributed by atoms with Gasteiger partial charge < -0.3 is 4.90 Å². The van der Waals surface area contributed by atoms with E-state index < -0.39 is 0 Å². The van der Waals surface area contributed by atoms with Crippen LogP contribution in [0.3, 0.4) is 0 Å². The highest BCUT2D eigenvalue weighted by Crippen LogP contribution is 2.29. The van der Waals surface area contributed by atoms with Gasteiger partial charge in [0, 0.05) is 23.6 Å². The molecule has 0 aromatic heterocycles. The minimum absolute atomic E-state index is 0.678. The Labute approximate surface area is 122 Å². The van der Waals surface area contributed by atoms with E-state index >= 15 is 0 Å². The van der Waals surface area contributed by atoms with Crippen molar-refractivity contribution < 1.29 is 0 Å². The summed E-state index contributed by atoms with van der Waals surface area (Å²) in [7, 11) is 0. The molecule has 1 aromatic rings. The first-order valence-corrected chi connectivity index (χ1v) is 7.76. The highest BCUT2D eigenvalue weighted by Gasteiger charge is 2.30. The average Bonchev–Trinajstić information content (AvgIpc) is 3.09. The van der Waals surface area contributed by atoms with Crippen LogP contribution >= 0.6 is 15.9 Å². The Balaban J connectivity index is 1.75. The number of nitriles is 1. The lowest BCUT2D eigenvalue weighted by Crippen LogP contribution is -2.35. The molecule has 0 N–H and O–H groups in total. The van der Waals surface area contributed by atoms with Crippen molar-refractivity contribution in [3.8, 4) is 6.07 Å². The Morgan fingerprint density at radius 2 is 2.00 bits per heavy atom. The molecule has 2 aliphatic rings. The van der Waals surface area contributed by atoms with Gasteiger partial charge in [0.05, 0.1) is 11.3 Å². The zero-order valence-corrected chi connectivity index (χ0v) is 12.6. The van der Waals surface area contributed by atoms with Crippen LogP contribution in [-0.4, -0.2) is 37.1 Å². The Morgan fingerprint density at radius 3 is 2.74 bits per heavy atom. The normalized spacial score (nSPS) is 23.8. The van der Waals surface area contributed by atoms with Crippen LogP contribution in [0.1, 0.15) is 24.8 Å². The maximum atomic E-state index is 9.27. The van der Waals surface area contributed by atoms with Gasteiger partial charge in [-0.3, -0.25) is 4.90 Å². The topological polar surface area (TPSA) is 30.3 Å². The zero-order valence-electron chi connectivity index (χ0n) is 11.0. The lowest BCUT2D eigenvalue weighted by molar-refractivity contribution is 0.260. The summed E-state index contributed by atoms with van der Waals surface area (Å²) in [6.45, 7) is 4.64. The third-order valence-electron chi connectivity index (χ3n) is 4.24. The Kier molecular flexibility index (Phi) is 3.76. The van der Waals surface area contributed by atoms with Crippen LogP contribution in [0.25, 0.3) is 0 Å². The van der Waals surface area contributed by atoms with Crippen LogP contribution in [0.15, 0.2) is 22.7 Å². The van der Waals surface area contributed by atoms with Gasteiger partial charge >= 0.3 is 0 Å². The number of likely N-dealkylation sites (tertiary alicyclic amines) is 1. The van der Waals surface area contributed by atoms with Crippen molar-refractivity contribution in [2.24, 2.45) is 0 Å². The second-order valence-electron chi connectivity index (χ2n) is 5.40. The summed E-state index contributed by atoms with van der Waals surface area (Å²) in [5, 5.41) is 9.27. The van der Waals surface area contributed by atoms with Crippen LogP contribution in [0.4, 0.5) is 5.69 Å². The van der Waals surface area contributed by atoms with Crippen molar-refractivity contribution >= 4 is 21.6 Å². The Morgan fingerprint density at radius 1 is 1.21 bits per heavy atom. The van der Waals surface area contributed by atoms with E-state index in [9.17, 15) is 5.26 Å². The van der Waals surface area contributed by atoms with E-state index in [0.29, 0.717) is 6.04 Å². The molecule has 0 saturated carbocycles. The fraction of sp³-hybridized carbons (Fsp3) is 0.533. The predicted molar refractivity (Wildman–Crippen MR) is 80.3 cm³/mol. The third kappa shape index (κ3) is 2.63. The molecule has 2 saturated heterocycles. The molecule has 1 aromatic carbocycles. The molecule has 1 atom stereocenters. The van der Waals surface area contributed by atoms with E-state index in [1.807, 2.05) is 12.1 Å². The maximum absolute atomic E-state index is 9.27. The summed E-state index contributed by atoms with van der Waals surface area (Å²) in [6, 6.07) is 9.00. The van der Waals surface area contributed by atoms with Gasteiger partial charge in [-0.2, -0.15) is 5.26 Å². The van der Waals surface area contributed by atoms with E-state index in [2.05, 4.69) is 37.9 Å². The molecule has 4 heteroatoms. The number of hydrogen-bond acceptors (Lipinski definition) is 3. The van der Waals surface area contributed by atoms with E-state index in [1.54, 1.807) is 0 Å². The first kappa shape index (κ1) is 13.0. The summed E-state index contributed by atoms with van der Waals surface area (Å²) in [5.74, 6) is 0. The van der Waals surface area contributed by atoms with Gasteiger partial charge in [-0.05, 0) is 50.6 Å². The van der Waals surface area contributed by atoms with Gasteiger partial charge in [-0.1, -0.05) is 15.9 Å². The first-order valence-electron chi connectivity index (χ1n) is 6.96. The largest absolute Gasteiger partial charge is 0.369 e. The summed E-state index contributed by atoms with van der Waals surface area (Å²) < 4.78 is 0.975. The molecule has 2 fully saturated rings. The van der Waals surface area contributed by atoms with Crippen LogP contribution < -0.4 is 4.90 Å². The molecular weight excluding hydrogens is 302 g/mol. The number of hydrogen-bond donors (Lipinski definition) is 0. The molecule has 3 nitrogen and oxygen atoms in total. The number of anilines is 1. The fourth-order valence-corrected chi connectivity index (χ4v) is 3.60. The summed E-state index contributed by atoms with van der Waals surface area (Å²) >= 11 is 3.43. The molecular formula is C15H18BrN3. The molecule has 3 rings (SSSR count). The van der Waals surface area contributed by atoms with Crippen LogP contribution in [0.2, 0.25) is 0 Å². The molecule has 19 heavy (non-hydrogen) atoms. The predicted octanol–water partition coefficient (Wildman–Crippen LogP) is 3.00. The van der Waals surface area contributed by atoms with Gasteiger partial charge in [0.1, 0.15) is 6.07 Å². The molecule has 1 unspecified atom stereocenters. The van der Waals surface area contributed by atoms with Gasteiger partial charge in [-0.25, -0.2) is 0 Å². The SMILES string of the molecule is N#Cc1cc(Br)ccc1N1CCC(N2CCCC2)C1. The van der Waals surface area contributed by atoms with Crippen molar-refractivity contribution in [2.45, 2.75) is 25.3 Å². The molecule has 0 spiro atoms. The fourth-order valence-electron chi connectivity index (χ4n) is 3.24. The van der Waals surface area contributed by atoms with Crippen LogP contribution in [0, 0.1) is 11.3 Å². The third-order valence-corrected chi connectivity index (χ3v) is 4.73. The van der Waals surface area contributed by atoms with Crippen molar-refractivity contribution in [1.29, 1.82) is 5.26 Å². The maximum Gasteiger partial charge on any atom is 0.101 e. The summed E-state index contributed by atoms with van der Waals surface area (Å²) in [4.78, 5) is 4.99. The molecule has 0 aliphatic carbocycles. The zero-order chi connectivity index (χ0) is 13.2. The summed E-state index contributed by atoms with van der Waals surface area (Å²) in [6.07, 6.45) is 3.91. The Bertz CT molecular complexity index is 503. The van der Waals surface area contributed by atoms with E-state index in [1.165, 1.54) is 32.4 Å². The second kappa shape index (κ2) is 5.52. The van der Waals surface area contributed by atoms with Gasteiger partial charge in [0.25, 0.3) is 0 Å². The molecule has 0 bridgehead atoms. The first-order chi connectivity index (χ1) is 9.28. The lowest BCUT2D eigenvalue weighted by Gasteiger charge is -2.25.